The molecule has 0 radical (unpaired) electrons. The molecule has 1 aromatic heterocycles. The van der Waals surface area contributed by atoms with Crippen molar-refractivity contribution in [1.82, 2.24) is 14.8 Å². The van der Waals surface area contributed by atoms with E-state index < -0.39 is 10.0 Å². The number of sulfonamides is 1. The summed E-state index contributed by atoms with van der Waals surface area (Å²) >= 11 is 12.0. The van der Waals surface area contributed by atoms with Crippen molar-refractivity contribution < 1.29 is 13.2 Å². The molecule has 4 rings (SSSR count). The monoisotopic (exact) mass is 487 g/mol. The minimum atomic E-state index is -3.99. The van der Waals surface area contributed by atoms with E-state index in [0.717, 1.165) is 5.69 Å². The molecule has 0 spiro atoms. The molecule has 32 heavy (non-hydrogen) atoms. The van der Waals surface area contributed by atoms with E-state index in [9.17, 15) is 13.2 Å². The van der Waals surface area contributed by atoms with Crippen LogP contribution in [0.5, 0.6) is 0 Å². The van der Waals surface area contributed by atoms with Crippen molar-refractivity contribution in [3.63, 3.8) is 0 Å². The van der Waals surface area contributed by atoms with Crippen LogP contribution < -0.4 is 10.0 Å². The van der Waals surface area contributed by atoms with E-state index in [4.69, 9.17) is 23.2 Å². The molecule has 0 fully saturated rings. The number of hydrogen-bond acceptors (Lipinski definition) is 5. The summed E-state index contributed by atoms with van der Waals surface area (Å²) in [6, 6.07) is 17.5. The van der Waals surface area contributed by atoms with E-state index in [-0.39, 0.29) is 26.5 Å². The van der Waals surface area contributed by atoms with Gasteiger partial charge in [-0.05, 0) is 60.7 Å². The lowest BCUT2D eigenvalue weighted by Crippen LogP contribution is -2.14. The smallest absolute Gasteiger partial charge is 0.264 e. The Labute approximate surface area is 193 Å². The number of amides is 1. The first kappa shape index (κ1) is 21.8. The molecule has 1 heterocycles. The lowest BCUT2D eigenvalue weighted by atomic mass is 10.2. The maximum Gasteiger partial charge on any atom is 0.264 e. The molecular weight excluding hydrogens is 473 g/mol. The molecule has 0 saturated carbocycles. The topological polar surface area (TPSA) is 106 Å². The minimum absolute atomic E-state index is 0.0173. The van der Waals surface area contributed by atoms with Gasteiger partial charge < -0.3 is 5.32 Å². The van der Waals surface area contributed by atoms with Crippen LogP contribution >= 0.6 is 23.2 Å². The fraction of sp³-hybridized carbons (Fsp3) is 0. The molecule has 0 unspecified atom stereocenters. The van der Waals surface area contributed by atoms with Crippen LogP contribution in [0.15, 0.2) is 84.3 Å². The molecule has 0 saturated heterocycles. The van der Waals surface area contributed by atoms with Gasteiger partial charge in [-0.3, -0.25) is 9.52 Å². The van der Waals surface area contributed by atoms with Crippen molar-refractivity contribution in [2.45, 2.75) is 4.90 Å². The van der Waals surface area contributed by atoms with Crippen LogP contribution in [0.25, 0.3) is 5.69 Å². The Morgan fingerprint density at radius 2 is 1.50 bits per heavy atom. The molecule has 1 amide bonds. The molecule has 0 atom stereocenters. The number of aromatic nitrogens is 3. The van der Waals surface area contributed by atoms with E-state index in [1.807, 2.05) is 0 Å². The number of carbonyl (C=O) groups is 1. The van der Waals surface area contributed by atoms with E-state index in [1.165, 1.54) is 30.6 Å². The quantitative estimate of drug-likeness (QED) is 0.412. The number of hydrogen-bond donors (Lipinski definition) is 2. The van der Waals surface area contributed by atoms with Crippen LogP contribution in [0.3, 0.4) is 0 Å². The summed E-state index contributed by atoms with van der Waals surface area (Å²) in [4.78, 5) is 16.2. The standard InChI is InChI=1S/C21H15Cl2N5O3S/c22-18-2-1-3-19(23)20(18)32(30,31)27-16-8-6-15(7-9-16)26-21(29)14-4-10-17(11-5-14)28-13-24-12-25-28/h1-13,27H,(H,26,29). The molecule has 0 aliphatic carbocycles. The number of carbonyl (C=O) groups excluding carboxylic acids is 1. The summed E-state index contributed by atoms with van der Waals surface area (Å²) in [5.74, 6) is -0.314. The Balaban J connectivity index is 1.44. The predicted molar refractivity (Wildman–Crippen MR) is 123 cm³/mol. The van der Waals surface area contributed by atoms with Gasteiger partial charge in [0.25, 0.3) is 15.9 Å². The second kappa shape index (κ2) is 8.99. The lowest BCUT2D eigenvalue weighted by molar-refractivity contribution is 0.102. The summed E-state index contributed by atoms with van der Waals surface area (Å²) in [5.41, 5.74) is 2.01. The van der Waals surface area contributed by atoms with Gasteiger partial charge in [-0.1, -0.05) is 29.3 Å². The molecule has 8 nitrogen and oxygen atoms in total. The normalized spacial score (nSPS) is 11.2. The zero-order chi connectivity index (χ0) is 22.7. The summed E-state index contributed by atoms with van der Waals surface area (Å²) < 4.78 is 29.3. The van der Waals surface area contributed by atoms with Crippen LogP contribution in [0, 0.1) is 0 Å². The number of anilines is 2. The highest BCUT2D eigenvalue weighted by Crippen LogP contribution is 2.30. The number of nitrogens with one attached hydrogen (secondary N) is 2. The van der Waals surface area contributed by atoms with Crippen molar-refractivity contribution in [2.24, 2.45) is 0 Å². The Morgan fingerprint density at radius 1 is 0.875 bits per heavy atom. The highest BCUT2D eigenvalue weighted by Gasteiger charge is 2.21. The van der Waals surface area contributed by atoms with Crippen molar-refractivity contribution in [2.75, 3.05) is 10.0 Å². The first-order chi connectivity index (χ1) is 15.3. The second-order valence-electron chi connectivity index (χ2n) is 6.57. The number of nitrogens with zero attached hydrogens (tertiary/aromatic N) is 3. The Hall–Kier alpha value is -3.40. The first-order valence-electron chi connectivity index (χ1n) is 9.17. The first-order valence-corrected chi connectivity index (χ1v) is 11.4. The van der Waals surface area contributed by atoms with Crippen LogP contribution in [-0.4, -0.2) is 29.1 Å². The fourth-order valence-corrected chi connectivity index (χ4v) is 5.08. The van der Waals surface area contributed by atoms with Gasteiger partial charge >= 0.3 is 0 Å². The van der Waals surface area contributed by atoms with E-state index in [0.29, 0.717) is 11.3 Å². The maximum atomic E-state index is 12.6. The number of benzene rings is 3. The Bertz CT molecular complexity index is 1340. The van der Waals surface area contributed by atoms with Gasteiger partial charge in [-0.25, -0.2) is 18.1 Å². The summed E-state index contributed by atoms with van der Waals surface area (Å²) in [5, 5.41) is 6.83. The maximum absolute atomic E-state index is 12.6. The summed E-state index contributed by atoms with van der Waals surface area (Å²) in [6.45, 7) is 0. The molecule has 11 heteroatoms. The van der Waals surface area contributed by atoms with Crippen molar-refractivity contribution in [3.8, 4) is 5.69 Å². The Morgan fingerprint density at radius 3 is 2.09 bits per heavy atom. The summed E-state index contributed by atoms with van der Waals surface area (Å²) in [6.07, 6.45) is 2.98. The second-order valence-corrected chi connectivity index (χ2v) is 9.01. The van der Waals surface area contributed by atoms with Gasteiger partial charge in [0.1, 0.15) is 17.6 Å². The molecule has 2 N–H and O–H groups in total. The summed E-state index contributed by atoms with van der Waals surface area (Å²) in [7, 11) is -3.99. The minimum Gasteiger partial charge on any atom is -0.322 e. The molecule has 3 aromatic carbocycles. The molecule has 0 aliphatic heterocycles. The largest absolute Gasteiger partial charge is 0.322 e. The average Bonchev–Trinajstić information content (AvgIpc) is 3.30. The zero-order valence-electron chi connectivity index (χ0n) is 16.2. The predicted octanol–water partition coefficient (Wildman–Crippen LogP) is 4.63. The molecule has 4 aromatic rings. The van der Waals surface area contributed by atoms with E-state index in [1.54, 1.807) is 53.5 Å². The SMILES string of the molecule is O=C(Nc1ccc(NS(=O)(=O)c2c(Cl)cccc2Cl)cc1)c1ccc(-n2cncn2)cc1. The van der Waals surface area contributed by atoms with Crippen molar-refractivity contribution >= 4 is 50.5 Å². The average molecular weight is 488 g/mol. The van der Waals surface area contributed by atoms with Crippen molar-refractivity contribution in [3.05, 3.63) is 95.0 Å². The third-order valence-electron chi connectivity index (χ3n) is 4.40. The van der Waals surface area contributed by atoms with Crippen LogP contribution in [0.2, 0.25) is 10.0 Å². The molecule has 162 valence electrons. The van der Waals surface area contributed by atoms with Crippen LogP contribution in [0.1, 0.15) is 10.4 Å². The molecule has 0 aliphatic rings. The lowest BCUT2D eigenvalue weighted by Gasteiger charge is -2.12. The molecular formula is C21H15Cl2N5O3S. The van der Waals surface area contributed by atoms with E-state index in [2.05, 4.69) is 20.1 Å². The highest BCUT2D eigenvalue weighted by atomic mass is 35.5. The Kier molecular flexibility index (Phi) is 6.13. The number of rotatable bonds is 6. The van der Waals surface area contributed by atoms with Gasteiger partial charge in [0.05, 0.1) is 15.7 Å². The van der Waals surface area contributed by atoms with Crippen molar-refractivity contribution in [1.29, 1.82) is 0 Å². The van der Waals surface area contributed by atoms with Gasteiger partial charge in [0.15, 0.2) is 0 Å². The highest BCUT2D eigenvalue weighted by molar-refractivity contribution is 7.93. The van der Waals surface area contributed by atoms with Crippen LogP contribution in [0.4, 0.5) is 11.4 Å². The third kappa shape index (κ3) is 4.75. The van der Waals surface area contributed by atoms with E-state index >= 15 is 0 Å². The fourth-order valence-electron chi connectivity index (χ4n) is 2.88. The van der Waals surface area contributed by atoms with Crippen LogP contribution in [-0.2, 0) is 10.0 Å². The van der Waals surface area contributed by atoms with Gasteiger partial charge in [-0.15, -0.1) is 0 Å². The number of halogens is 2. The zero-order valence-corrected chi connectivity index (χ0v) is 18.6. The third-order valence-corrected chi connectivity index (χ3v) is 6.73. The van der Waals surface area contributed by atoms with Gasteiger partial charge in [0.2, 0.25) is 0 Å². The van der Waals surface area contributed by atoms with Gasteiger partial charge in [-0.2, -0.15) is 5.10 Å². The van der Waals surface area contributed by atoms with Gasteiger partial charge in [0, 0.05) is 16.9 Å². The molecule has 0 bridgehead atoms.